The molecule has 0 amide bonds. The molecular formula is C19H23FN4O3S. The summed E-state index contributed by atoms with van der Waals surface area (Å²) in [6.45, 7) is 4.88. The molecule has 0 aliphatic rings. The molecule has 7 nitrogen and oxygen atoms in total. The molecule has 0 spiro atoms. The number of anilines is 1. The molecule has 0 unspecified atom stereocenters. The maximum absolute atomic E-state index is 14.0. The number of ether oxygens (including phenoxy) is 1. The predicted molar refractivity (Wildman–Crippen MR) is 106 cm³/mol. The molecular weight excluding hydrogens is 383 g/mol. The zero-order chi connectivity index (χ0) is 20.9. The van der Waals surface area contributed by atoms with Gasteiger partial charge in [-0.25, -0.2) is 18.4 Å². The van der Waals surface area contributed by atoms with Gasteiger partial charge in [-0.3, -0.25) is 4.40 Å². The quantitative estimate of drug-likeness (QED) is 0.620. The standard InChI is InChI=1S/C19H23FN4O3S/c1-19(2,3)28(25,26)15-11-24-13(10-21-17(24)9-14(15)27-6)12-7-16(20)22-18(8-12)23(4)5/h7-11H,1-6H3. The van der Waals surface area contributed by atoms with Gasteiger partial charge in [0.1, 0.15) is 22.1 Å². The van der Waals surface area contributed by atoms with Crippen LogP contribution in [0.3, 0.4) is 0 Å². The molecule has 9 heteroatoms. The van der Waals surface area contributed by atoms with E-state index in [-0.39, 0.29) is 10.6 Å². The number of sulfone groups is 1. The van der Waals surface area contributed by atoms with Crippen LogP contribution in [0.5, 0.6) is 5.75 Å². The maximum atomic E-state index is 14.0. The van der Waals surface area contributed by atoms with Crippen LogP contribution in [-0.4, -0.2) is 48.7 Å². The summed E-state index contributed by atoms with van der Waals surface area (Å²) in [6.07, 6.45) is 3.04. The van der Waals surface area contributed by atoms with Crippen molar-refractivity contribution >= 4 is 21.3 Å². The average Bonchev–Trinajstić information content (AvgIpc) is 3.01. The van der Waals surface area contributed by atoms with Gasteiger partial charge in [0.25, 0.3) is 0 Å². The van der Waals surface area contributed by atoms with Crippen LogP contribution in [-0.2, 0) is 9.84 Å². The summed E-state index contributed by atoms with van der Waals surface area (Å²) in [5.41, 5.74) is 1.57. The van der Waals surface area contributed by atoms with Crippen LogP contribution in [0.15, 0.2) is 35.5 Å². The molecule has 0 saturated heterocycles. The second-order valence-electron chi connectivity index (χ2n) is 7.62. The Morgan fingerprint density at radius 1 is 1.18 bits per heavy atom. The maximum Gasteiger partial charge on any atom is 0.215 e. The van der Waals surface area contributed by atoms with E-state index in [1.54, 1.807) is 62.5 Å². The summed E-state index contributed by atoms with van der Waals surface area (Å²) in [7, 11) is 1.26. The van der Waals surface area contributed by atoms with Gasteiger partial charge in [0, 0.05) is 38.0 Å². The van der Waals surface area contributed by atoms with Crippen molar-refractivity contribution in [1.82, 2.24) is 14.4 Å². The van der Waals surface area contributed by atoms with Crippen LogP contribution in [0.4, 0.5) is 10.2 Å². The molecule has 150 valence electrons. The molecule has 0 aromatic carbocycles. The fourth-order valence-electron chi connectivity index (χ4n) is 2.75. The fourth-order valence-corrected chi connectivity index (χ4v) is 4.06. The van der Waals surface area contributed by atoms with Crippen LogP contribution < -0.4 is 9.64 Å². The Bertz CT molecular complexity index is 1150. The van der Waals surface area contributed by atoms with Gasteiger partial charge in [0.15, 0.2) is 9.84 Å². The van der Waals surface area contributed by atoms with Gasteiger partial charge in [-0.05, 0) is 26.8 Å². The predicted octanol–water partition coefficient (Wildman–Crippen LogP) is 3.18. The van der Waals surface area contributed by atoms with Crippen LogP contribution in [0, 0.1) is 5.95 Å². The summed E-state index contributed by atoms with van der Waals surface area (Å²) in [5, 5.41) is 0. The highest BCUT2D eigenvalue weighted by molar-refractivity contribution is 7.92. The van der Waals surface area contributed by atoms with Gasteiger partial charge in [-0.15, -0.1) is 0 Å². The normalized spacial score (nSPS) is 12.4. The van der Waals surface area contributed by atoms with Crippen LogP contribution >= 0.6 is 0 Å². The summed E-state index contributed by atoms with van der Waals surface area (Å²) >= 11 is 0. The third kappa shape index (κ3) is 3.30. The highest BCUT2D eigenvalue weighted by Crippen LogP contribution is 2.34. The van der Waals surface area contributed by atoms with Crippen molar-refractivity contribution in [1.29, 1.82) is 0 Å². The number of nitrogens with zero attached hydrogens (tertiary/aromatic N) is 4. The Hall–Kier alpha value is -2.68. The highest BCUT2D eigenvalue weighted by Gasteiger charge is 2.34. The smallest absolute Gasteiger partial charge is 0.215 e. The van der Waals surface area contributed by atoms with E-state index < -0.39 is 20.5 Å². The molecule has 0 N–H and O–H groups in total. The van der Waals surface area contributed by atoms with Crippen LogP contribution in [0.1, 0.15) is 20.8 Å². The molecule has 0 bridgehead atoms. The van der Waals surface area contributed by atoms with E-state index in [2.05, 4.69) is 9.97 Å². The van der Waals surface area contributed by atoms with E-state index in [4.69, 9.17) is 4.74 Å². The van der Waals surface area contributed by atoms with Crippen molar-refractivity contribution in [3.8, 4) is 17.0 Å². The van der Waals surface area contributed by atoms with E-state index >= 15 is 0 Å². The number of imidazole rings is 1. The highest BCUT2D eigenvalue weighted by atomic mass is 32.2. The molecule has 0 radical (unpaired) electrons. The van der Waals surface area contributed by atoms with Gasteiger partial charge in [0.2, 0.25) is 5.95 Å². The molecule has 3 aromatic rings. The second kappa shape index (κ2) is 6.73. The average molecular weight is 406 g/mol. The Morgan fingerprint density at radius 3 is 2.43 bits per heavy atom. The summed E-state index contributed by atoms with van der Waals surface area (Å²) in [6, 6.07) is 4.57. The lowest BCUT2D eigenvalue weighted by molar-refractivity contribution is 0.401. The summed E-state index contributed by atoms with van der Waals surface area (Å²) in [5.74, 6) is 0.0302. The molecule has 3 rings (SSSR count). The van der Waals surface area contributed by atoms with Gasteiger partial charge >= 0.3 is 0 Å². The summed E-state index contributed by atoms with van der Waals surface area (Å²) in [4.78, 5) is 9.92. The Morgan fingerprint density at radius 2 is 1.86 bits per heavy atom. The third-order valence-corrected chi connectivity index (χ3v) is 6.92. The second-order valence-corrected chi connectivity index (χ2v) is 10.3. The van der Waals surface area contributed by atoms with E-state index in [0.29, 0.717) is 22.7 Å². The van der Waals surface area contributed by atoms with Crippen LogP contribution in [0.25, 0.3) is 16.9 Å². The van der Waals surface area contributed by atoms with Gasteiger partial charge in [-0.2, -0.15) is 4.39 Å². The summed E-state index contributed by atoms with van der Waals surface area (Å²) < 4.78 is 46.1. The van der Waals surface area contributed by atoms with E-state index in [0.717, 1.165) is 0 Å². The van der Waals surface area contributed by atoms with E-state index in [9.17, 15) is 12.8 Å². The Kier molecular flexibility index (Phi) is 4.82. The van der Waals surface area contributed by atoms with Crippen LogP contribution in [0.2, 0.25) is 0 Å². The van der Waals surface area contributed by atoms with Crippen molar-refractivity contribution in [3.63, 3.8) is 0 Å². The zero-order valence-corrected chi connectivity index (χ0v) is 17.5. The minimum atomic E-state index is -3.69. The molecule has 3 heterocycles. The van der Waals surface area contributed by atoms with Crippen molar-refractivity contribution in [2.24, 2.45) is 0 Å². The SMILES string of the molecule is COc1cc2ncc(-c3cc(F)nc(N(C)C)c3)n2cc1S(=O)(=O)C(C)(C)C. The molecule has 3 aromatic heterocycles. The molecule has 0 aliphatic heterocycles. The lowest BCUT2D eigenvalue weighted by Gasteiger charge is -2.21. The number of pyridine rings is 2. The fraction of sp³-hybridized carbons (Fsp3) is 0.368. The molecule has 28 heavy (non-hydrogen) atoms. The minimum absolute atomic E-state index is 0.0524. The number of hydrogen-bond acceptors (Lipinski definition) is 6. The Balaban J connectivity index is 2.30. The number of halogens is 1. The third-order valence-electron chi connectivity index (χ3n) is 4.43. The van der Waals surface area contributed by atoms with Crippen molar-refractivity contribution in [2.75, 3.05) is 26.1 Å². The van der Waals surface area contributed by atoms with Gasteiger partial charge in [-0.1, -0.05) is 0 Å². The molecule has 0 saturated carbocycles. The first-order chi connectivity index (χ1) is 13.0. The van der Waals surface area contributed by atoms with Crippen molar-refractivity contribution < 1.29 is 17.5 Å². The van der Waals surface area contributed by atoms with Gasteiger partial charge < -0.3 is 9.64 Å². The van der Waals surface area contributed by atoms with E-state index in [1.165, 1.54) is 19.4 Å². The first-order valence-corrected chi connectivity index (χ1v) is 10.1. The molecule has 0 fully saturated rings. The lowest BCUT2D eigenvalue weighted by Crippen LogP contribution is -2.28. The number of aromatic nitrogens is 3. The first kappa shape index (κ1) is 20.1. The largest absolute Gasteiger partial charge is 0.495 e. The number of methoxy groups -OCH3 is 1. The first-order valence-electron chi connectivity index (χ1n) is 8.60. The molecule has 0 aliphatic carbocycles. The number of rotatable bonds is 4. The number of hydrogen-bond donors (Lipinski definition) is 0. The van der Waals surface area contributed by atoms with Gasteiger partial charge in [0.05, 0.1) is 23.7 Å². The van der Waals surface area contributed by atoms with E-state index in [1.807, 2.05) is 0 Å². The molecule has 0 atom stereocenters. The zero-order valence-electron chi connectivity index (χ0n) is 16.7. The minimum Gasteiger partial charge on any atom is -0.495 e. The lowest BCUT2D eigenvalue weighted by atomic mass is 10.2. The Labute approximate surface area is 163 Å². The number of fused-ring (bicyclic) bond motifs is 1. The monoisotopic (exact) mass is 406 g/mol. The van der Waals surface area contributed by atoms with Crippen molar-refractivity contribution in [3.05, 3.63) is 36.5 Å². The van der Waals surface area contributed by atoms with Crippen molar-refractivity contribution in [2.45, 2.75) is 30.4 Å². The topological polar surface area (TPSA) is 76.8 Å².